The molecule has 0 fully saturated rings. The van der Waals surface area contributed by atoms with Crippen molar-refractivity contribution in [1.82, 2.24) is 0 Å². The molecule has 1 aromatic rings. The van der Waals surface area contributed by atoms with Gasteiger partial charge in [-0.25, -0.2) is 8.42 Å². The minimum Gasteiger partial charge on any atom is -0.330 e. The Morgan fingerprint density at radius 1 is 1.29 bits per heavy atom. The van der Waals surface area contributed by atoms with Gasteiger partial charge >= 0.3 is 0 Å². The summed E-state index contributed by atoms with van der Waals surface area (Å²) in [6.45, 7) is 2.03. The zero-order valence-corrected chi connectivity index (χ0v) is 11.8. The number of rotatable bonds is 5. The maximum atomic E-state index is 12.0. The van der Waals surface area contributed by atoms with Crippen molar-refractivity contribution in [3.8, 4) is 0 Å². The Morgan fingerprint density at radius 2 is 1.94 bits per heavy atom. The summed E-state index contributed by atoms with van der Waals surface area (Å²) in [5.74, 6) is -0.0367. The first-order chi connectivity index (χ1) is 7.86. The molecule has 0 aliphatic carbocycles. The van der Waals surface area contributed by atoms with Gasteiger partial charge in [0, 0.05) is 0 Å². The zero-order valence-electron chi connectivity index (χ0n) is 9.49. The predicted octanol–water partition coefficient (Wildman–Crippen LogP) is 2.65. The van der Waals surface area contributed by atoms with Crippen molar-refractivity contribution in [2.24, 2.45) is 5.73 Å². The first-order valence-electron chi connectivity index (χ1n) is 5.22. The third-order valence-corrected chi connectivity index (χ3v) is 5.47. The van der Waals surface area contributed by atoms with E-state index in [-0.39, 0.29) is 5.75 Å². The van der Waals surface area contributed by atoms with Gasteiger partial charge in [0.15, 0.2) is 9.84 Å². The fourth-order valence-electron chi connectivity index (χ4n) is 1.42. The van der Waals surface area contributed by atoms with Gasteiger partial charge in [-0.15, -0.1) is 0 Å². The Labute approximate surface area is 112 Å². The summed E-state index contributed by atoms with van der Waals surface area (Å²) in [5, 5.41) is 0.343. The molecule has 1 unspecified atom stereocenters. The molecule has 1 aromatic carbocycles. The number of sulfone groups is 1. The highest BCUT2D eigenvalue weighted by molar-refractivity contribution is 7.91. The van der Waals surface area contributed by atoms with Crippen LogP contribution in [0.25, 0.3) is 0 Å². The Hall–Kier alpha value is -0.290. The van der Waals surface area contributed by atoms with Gasteiger partial charge in [0.25, 0.3) is 0 Å². The molecule has 0 amide bonds. The van der Waals surface area contributed by atoms with E-state index in [1.54, 1.807) is 25.1 Å². The number of nitrogens with two attached hydrogens (primary N) is 1. The first kappa shape index (κ1) is 14.8. The van der Waals surface area contributed by atoms with Gasteiger partial charge in [-0.05, 0) is 37.6 Å². The van der Waals surface area contributed by atoms with E-state index in [1.807, 2.05) is 0 Å². The van der Waals surface area contributed by atoms with Crippen LogP contribution in [0.5, 0.6) is 0 Å². The molecule has 0 saturated carbocycles. The van der Waals surface area contributed by atoms with E-state index in [0.717, 1.165) is 0 Å². The molecule has 96 valence electrons. The lowest BCUT2D eigenvalue weighted by Crippen LogP contribution is -2.22. The molecule has 17 heavy (non-hydrogen) atoms. The number of benzene rings is 1. The summed E-state index contributed by atoms with van der Waals surface area (Å²) in [6, 6.07) is 4.85. The summed E-state index contributed by atoms with van der Waals surface area (Å²) in [7, 11) is -3.19. The number of hydrogen-bond donors (Lipinski definition) is 1. The van der Waals surface area contributed by atoms with Crippen LogP contribution in [-0.2, 0) is 15.6 Å². The highest BCUT2D eigenvalue weighted by Gasteiger charge is 2.20. The zero-order chi connectivity index (χ0) is 13.1. The Morgan fingerprint density at radius 3 is 2.47 bits per heavy atom. The molecule has 0 saturated heterocycles. The maximum Gasteiger partial charge on any atom is 0.157 e. The molecule has 3 nitrogen and oxygen atoms in total. The van der Waals surface area contributed by atoms with Crippen LogP contribution in [0.3, 0.4) is 0 Å². The number of halogens is 2. The second-order valence-corrected chi connectivity index (χ2v) is 7.18. The van der Waals surface area contributed by atoms with Crippen molar-refractivity contribution < 1.29 is 8.42 Å². The van der Waals surface area contributed by atoms with Crippen molar-refractivity contribution in [2.45, 2.75) is 24.3 Å². The van der Waals surface area contributed by atoms with Gasteiger partial charge in [-0.1, -0.05) is 29.3 Å². The van der Waals surface area contributed by atoms with Crippen LogP contribution in [0.2, 0.25) is 10.0 Å². The minimum absolute atomic E-state index is 0.0367. The summed E-state index contributed by atoms with van der Waals surface area (Å²) in [5.41, 5.74) is 6.00. The van der Waals surface area contributed by atoms with E-state index < -0.39 is 15.1 Å². The lowest BCUT2D eigenvalue weighted by Gasteiger charge is -2.12. The van der Waals surface area contributed by atoms with Crippen LogP contribution < -0.4 is 5.73 Å². The quantitative estimate of drug-likeness (QED) is 0.908. The molecule has 1 rings (SSSR count). The molecule has 6 heteroatoms. The van der Waals surface area contributed by atoms with E-state index in [1.165, 1.54) is 0 Å². The van der Waals surface area contributed by atoms with Crippen LogP contribution in [0.15, 0.2) is 18.2 Å². The van der Waals surface area contributed by atoms with Crippen LogP contribution in [-0.4, -0.2) is 20.2 Å². The van der Waals surface area contributed by atoms with Crippen molar-refractivity contribution in [2.75, 3.05) is 6.54 Å². The molecule has 0 heterocycles. The largest absolute Gasteiger partial charge is 0.330 e. The predicted molar refractivity (Wildman–Crippen MR) is 72.2 cm³/mol. The Bertz CT molecular complexity index is 488. The van der Waals surface area contributed by atoms with Crippen molar-refractivity contribution in [3.05, 3.63) is 33.8 Å². The van der Waals surface area contributed by atoms with Crippen molar-refractivity contribution in [3.63, 3.8) is 0 Å². The third kappa shape index (κ3) is 4.14. The minimum atomic E-state index is -3.19. The molecule has 1 atom stereocenters. The molecular weight excluding hydrogens is 281 g/mol. The highest BCUT2D eigenvalue weighted by Crippen LogP contribution is 2.24. The van der Waals surface area contributed by atoms with E-state index in [4.69, 9.17) is 28.9 Å². The third-order valence-electron chi connectivity index (χ3n) is 2.54. The average Bonchev–Trinajstić information content (AvgIpc) is 2.23. The SMILES string of the molecule is CC(CCN)S(=O)(=O)Cc1ccc(Cl)c(Cl)c1. The molecule has 0 bridgehead atoms. The normalized spacial score (nSPS) is 13.6. The summed E-state index contributed by atoms with van der Waals surface area (Å²) >= 11 is 11.6. The van der Waals surface area contributed by atoms with Gasteiger partial charge in [0.2, 0.25) is 0 Å². The molecule has 0 radical (unpaired) electrons. The lowest BCUT2D eigenvalue weighted by molar-refractivity contribution is 0.577. The van der Waals surface area contributed by atoms with Crippen LogP contribution in [0.1, 0.15) is 18.9 Å². The molecule has 0 aliphatic rings. The van der Waals surface area contributed by atoms with E-state index in [2.05, 4.69) is 0 Å². The van der Waals surface area contributed by atoms with Crippen molar-refractivity contribution >= 4 is 33.0 Å². The smallest absolute Gasteiger partial charge is 0.157 e. The highest BCUT2D eigenvalue weighted by atomic mass is 35.5. The van der Waals surface area contributed by atoms with E-state index in [0.29, 0.717) is 28.6 Å². The van der Waals surface area contributed by atoms with E-state index in [9.17, 15) is 8.42 Å². The van der Waals surface area contributed by atoms with Gasteiger partial charge < -0.3 is 5.73 Å². The fraction of sp³-hybridized carbons (Fsp3) is 0.455. The molecule has 2 N–H and O–H groups in total. The van der Waals surface area contributed by atoms with Gasteiger partial charge in [-0.2, -0.15) is 0 Å². The molecular formula is C11H15Cl2NO2S. The average molecular weight is 296 g/mol. The Balaban J connectivity index is 2.86. The fourth-order valence-corrected chi connectivity index (χ4v) is 3.16. The first-order valence-corrected chi connectivity index (χ1v) is 7.69. The second-order valence-electron chi connectivity index (χ2n) is 3.94. The summed E-state index contributed by atoms with van der Waals surface area (Å²) in [4.78, 5) is 0. The Kier molecular flexibility index (Phi) is 5.25. The molecule has 0 spiro atoms. The van der Waals surface area contributed by atoms with Gasteiger partial charge in [0.05, 0.1) is 21.0 Å². The van der Waals surface area contributed by atoms with Crippen LogP contribution >= 0.6 is 23.2 Å². The van der Waals surface area contributed by atoms with Gasteiger partial charge in [0.1, 0.15) is 0 Å². The van der Waals surface area contributed by atoms with E-state index >= 15 is 0 Å². The standard InChI is InChI=1S/C11H15Cl2NO2S/c1-8(4-5-14)17(15,16)7-9-2-3-10(12)11(13)6-9/h2-3,6,8H,4-5,7,14H2,1H3. The van der Waals surface area contributed by atoms with Crippen molar-refractivity contribution in [1.29, 1.82) is 0 Å². The topological polar surface area (TPSA) is 60.2 Å². The lowest BCUT2D eigenvalue weighted by atomic mass is 10.2. The van der Waals surface area contributed by atoms with Crippen LogP contribution in [0, 0.1) is 0 Å². The second kappa shape index (κ2) is 6.05. The summed E-state index contributed by atoms with van der Waals surface area (Å²) in [6.07, 6.45) is 0.462. The maximum absolute atomic E-state index is 12.0. The molecule has 0 aromatic heterocycles. The van der Waals surface area contributed by atoms with Crippen LogP contribution in [0.4, 0.5) is 0 Å². The molecule has 0 aliphatic heterocycles. The van der Waals surface area contributed by atoms with Gasteiger partial charge in [-0.3, -0.25) is 0 Å². The number of hydrogen-bond acceptors (Lipinski definition) is 3. The monoisotopic (exact) mass is 295 g/mol. The summed E-state index contributed by atoms with van der Waals surface area (Å²) < 4.78 is 23.9.